The molecule has 2 saturated heterocycles. The van der Waals surface area contributed by atoms with Crippen molar-refractivity contribution < 1.29 is 24.5 Å². The molecule has 5 unspecified atom stereocenters. The van der Waals surface area contributed by atoms with Gasteiger partial charge in [0.05, 0.1) is 24.2 Å². The lowest BCUT2D eigenvalue weighted by Crippen LogP contribution is -2.63. The molecule has 7 nitrogen and oxygen atoms in total. The molecular weight excluding hydrogens is 332 g/mol. The van der Waals surface area contributed by atoms with Gasteiger partial charge in [-0.25, -0.2) is 4.79 Å². The SMILES string of the molecule is COC1CCNCC1SC1=C(C(=O)O)N2C(=O)C(C(C)O)[C@H]2C1C. The number of amides is 1. The molecule has 0 spiro atoms. The van der Waals surface area contributed by atoms with Gasteiger partial charge in [0.1, 0.15) is 5.70 Å². The molecule has 6 atom stereocenters. The summed E-state index contributed by atoms with van der Waals surface area (Å²) in [6.07, 6.45) is 0.159. The van der Waals surface area contributed by atoms with E-state index in [2.05, 4.69) is 5.32 Å². The fourth-order valence-electron chi connectivity index (χ4n) is 4.03. The topological polar surface area (TPSA) is 99.1 Å². The fraction of sp³-hybridized carbons (Fsp3) is 0.750. The summed E-state index contributed by atoms with van der Waals surface area (Å²) < 4.78 is 5.54. The smallest absolute Gasteiger partial charge is 0.353 e. The van der Waals surface area contributed by atoms with Crippen LogP contribution in [0.5, 0.6) is 0 Å². The van der Waals surface area contributed by atoms with E-state index in [1.807, 2.05) is 6.92 Å². The number of methoxy groups -OCH3 is 1. The van der Waals surface area contributed by atoms with Gasteiger partial charge >= 0.3 is 5.97 Å². The second kappa shape index (κ2) is 6.67. The van der Waals surface area contributed by atoms with Crippen molar-refractivity contribution in [1.82, 2.24) is 10.2 Å². The lowest BCUT2D eigenvalue weighted by Gasteiger charge is -2.46. The molecule has 3 heterocycles. The number of piperidine rings is 1. The van der Waals surface area contributed by atoms with E-state index in [-0.39, 0.29) is 34.9 Å². The van der Waals surface area contributed by atoms with Crippen molar-refractivity contribution in [2.24, 2.45) is 11.8 Å². The van der Waals surface area contributed by atoms with Gasteiger partial charge in [0, 0.05) is 29.7 Å². The third-order valence-corrected chi connectivity index (χ3v) is 6.85. The van der Waals surface area contributed by atoms with Crippen molar-refractivity contribution >= 4 is 23.6 Å². The van der Waals surface area contributed by atoms with E-state index in [1.165, 1.54) is 16.7 Å². The van der Waals surface area contributed by atoms with Crippen molar-refractivity contribution in [3.8, 4) is 0 Å². The number of carboxylic acids is 1. The highest BCUT2D eigenvalue weighted by atomic mass is 32.2. The Morgan fingerprint density at radius 3 is 2.79 bits per heavy atom. The number of aliphatic carboxylic acids is 1. The highest BCUT2D eigenvalue weighted by molar-refractivity contribution is 8.03. The van der Waals surface area contributed by atoms with Gasteiger partial charge in [-0.05, 0) is 19.9 Å². The average molecular weight is 356 g/mol. The quantitative estimate of drug-likeness (QED) is 0.607. The summed E-state index contributed by atoms with van der Waals surface area (Å²) >= 11 is 1.50. The minimum atomic E-state index is -1.08. The minimum absolute atomic E-state index is 0.0579. The highest BCUT2D eigenvalue weighted by Gasteiger charge is 2.60. The van der Waals surface area contributed by atoms with E-state index in [4.69, 9.17) is 4.74 Å². The molecule has 3 aliphatic heterocycles. The van der Waals surface area contributed by atoms with Gasteiger partial charge in [-0.2, -0.15) is 0 Å². The van der Waals surface area contributed by atoms with Gasteiger partial charge in [-0.15, -0.1) is 11.8 Å². The molecule has 0 saturated carbocycles. The van der Waals surface area contributed by atoms with Crippen LogP contribution in [0, 0.1) is 11.8 Å². The zero-order valence-corrected chi connectivity index (χ0v) is 14.9. The van der Waals surface area contributed by atoms with Gasteiger partial charge < -0.3 is 25.2 Å². The number of fused-ring (bicyclic) bond motifs is 1. The maximum atomic E-state index is 12.3. The van der Waals surface area contributed by atoms with Crippen molar-refractivity contribution in [1.29, 1.82) is 0 Å². The second-order valence-corrected chi connectivity index (χ2v) is 7.98. The maximum Gasteiger partial charge on any atom is 0.353 e. The number of carbonyl (C=O) groups excluding carboxylic acids is 1. The number of aliphatic hydroxyl groups is 1. The number of carboxylic acid groups (broad SMARTS) is 1. The molecule has 1 amide bonds. The number of hydrogen-bond donors (Lipinski definition) is 3. The first-order valence-electron chi connectivity index (χ1n) is 8.27. The van der Waals surface area contributed by atoms with E-state index in [9.17, 15) is 19.8 Å². The third kappa shape index (κ3) is 2.65. The summed E-state index contributed by atoms with van der Waals surface area (Å²) in [5.74, 6) is -1.99. The van der Waals surface area contributed by atoms with Gasteiger partial charge in [0.2, 0.25) is 5.91 Å². The number of hydrogen-bond acceptors (Lipinski definition) is 6. The Bertz CT molecular complexity index is 579. The standard InChI is InChI=1S/C16H24N2O5S/c1-7-12-11(8(2)19)15(20)18(12)13(16(21)22)14(7)24-10-6-17-5-4-9(10)23-3/h7-12,17,19H,4-6H2,1-3H3,(H,21,22)/t7?,8?,9?,10?,11?,12-/m1/s1. The first kappa shape index (κ1) is 17.7. The summed E-state index contributed by atoms with van der Waals surface area (Å²) in [6.45, 7) is 5.15. The Hall–Kier alpha value is -1.09. The predicted octanol–water partition coefficient (Wildman–Crippen LogP) is 0.250. The van der Waals surface area contributed by atoms with E-state index < -0.39 is 18.0 Å². The number of rotatable bonds is 5. The highest BCUT2D eigenvalue weighted by Crippen LogP contribution is 2.51. The van der Waals surface area contributed by atoms with Crippen molar-refractivity contribution in [2.45, 2.75) is 43.8 Å². The van der Waals surface area contributed by atoms with E-state index in [0.717, 1.165) is 24.4 Å². The molecule has 0 radical (unpaired) electrons. The summed E-state index contributed by atoms with van der Waals surface area (Å²) in [6, 6.07) is -0.261. The molecule has 0 aliphatic carbocycles. The zero-order valence-electron chi connectivity index (χ0n) is 14.1. The van der Waals surface area contributed by atoms with Crippen LogP contribution in [0.4, 0.5) is 0 Å². The van der Waals surface area contributed by atoms with Crippen LogP contribution in [0.15, 0.2) is 10.6 Å². The molecule has 0 aromatic heterocycles. The Morgan fingerprint density at radius 1 is 1.50 bits per heavy atom. The van der Waals surface area contributed by atoms with Crippen molar-refractivity contribution in [2.75, 3.05) is 20.2 Å². The lowest BCUT2D eigenvalue weighted by molar-refractivity contribution is -0.163. The molecule has 3 aliphatic rings. The van der Waals surface area contributed by atoms with Crippen LogP contribution in [0.25, 0.3) is 0 Å². The van der Waals surface area contributed by atoms with Crippen LogP contribution in [0.2, 0.25) is 0 Å². The maximum absolute atomic E-state index is 12.3. The van der Waals surface area contributed by atoms with Crippen LogP contribution in [0.3, 0.4) is 0 Å². The number of nitrogens with zero attached hydrogens (tertiary/aromatic N) is 1. The van der Waals surface area contributed by atoms with E-state index in [1.54, 1.807) is 14.0 Å². The first-order chi connectivity index (χ1) is 11.4. The summed E-state index contributed by atoms with van der Waals surface area (Å²) in [5.41, 5.74) is 0.0832. The Labute approximate surface area is 145 Å². The Kier molecular flexibility index (Phi) is 4.92. The number of nitrogens with one attached hydrogen (secondary N) is 1. The molecule has 0 aromatic carbocycles. The lowest BCUT2D eigenvalue weighted by atomic mass is 9.79. The van der Waals surface area contributed by atoms with Crippen LogP contribution in [0.1, 0.15) is 20.3 Å². The van der Waals surface area contributed by atoms with E-state index in [0.29, 0.717) is 0 Å². The molecule has 3 N–H and O–H groups in total. The molecular formula is C16H24N2O5S. The molecule has 3 rings (SSSR count). The van der Waals surface area contributed by atoms with Crippen LogP contribution in [-0.4, -0.2) is 70.7 Å². The predicted molar refractivity (Wildman–Crippen MR) is 89.3 cm³/mol. The van der Waals surface area contributed by atoms with E-state index >= 15 is 0 Å². The number of thioether (sulfide) groups is 1. The third-order valence-electron chi connectivity index (χ3n) is 5.26. The van der Waals surface area contributed by atoms with Crippen LogP contribution >= 0.6 is 11.8 Å². The fourth-order valence-corrected chi connectivity index (χ4v) is 5.61. The monoisotopic (exact) mass is 356 g/mol. The molecule has 8 heteroatoms. The molecule has 0 bridgehead atoms. The molecule has 0 aromatic rings. The van der Waals surface area contributed by atoms with Gasteiger partial charge in [-0.1, -0.05) is 6.92 Å². The average Bonchev–Trinajstić information content (AvgIpc) is 2.77. The van der Waals surface area contributed by atoms with Crippen LogP contribution < -0.4 is 5.32 Å². The van der Waals surface area contributed by atoms with Crippen molar-refractivity contribution in [3.63, 3.8) is 0 Å². The number of aliphatic hydroxyl groups excluding tert-OH is 1. The molecule has 2 fully saturated rings. The molecule has 134 valence electrons. The number of ether oxygens (including phenoxy) is 1. The Balaban J connectivity index is 1.88. The second-order valence-electron chi connectivity index (χ2n) is 6.70. The summed E-state index contributed by atoms with van der Waals surface area (Å²) in [7, 11) is 1.67. The van der Waals surface area contributed by atoms with Crippen molar-refractivity contribution in [3.05, 3.63) is 10.6 Å². The van der Waals surface area contributed by atoms with Gasteiger partial charge in [-0.3, -0.25) is 4.79 Å². The summed E-state index contributed by atoms with van der Waals surface area (Å²) in [5, 5.41) is 22.9. The Morgan fingerprint density at radius 2 is 2.21 bits per heavy atom. The normalized spacial score (nSPS) is 37.2. The number of carbonyl (C=O) groups is 2. The zero-order chi connectivity index (χ0) is 17.6. The summed E-state index contributed by atoms with van der Waals surface area (Å²) in [4.78, 5) is 26.2. The minimum Gasteiger partial charge on any atom is -0.477 e. The largest absolute Gasteiger partial charge is 0.477 e. The molecule has 24 heavy (non-hydrogen) atoms. The first-order valence-corrected chi connectivity index (χ1v) is 9.15. The number of β-lactam (4-membered cyclic amide) rings is 1. The van der Waals surface area contributed by atoms with Gasteiger partial charge in [0.25, 0.3) is 0 Å². The van der Waals surface area contributed by atoms with Crippen LogP contribution in [-0.2, 0) is 14.3 Å². The van der Waals surface area contributed by atoms with Gasteiger partial charge in [0.15, 0.2) is 0 Å².